The summed E-state index contributed by atoms with van der Waals surface area (Å²) in [7, 11) is 1.92. The predicted molar refractivity (Wildman–Crippen MR) is 103 cm³/mol. The smallest absolute Gasteiger partial charge is 0.270 e. The number of carbonyl (C=O) groups excluding carboxylic acids is 1. The minimum Gasteiger partial charge on any atom is -0.391 e. The summed E-state index contributed by atoms with van der Waals surface area (Å²) in [6, 6.07) is 9.50. The van der Waals surface area contributed by atoms with Gasteiger partial charge in [0.2, 0.25) is 0 Å². The molecule has 7 heteroatoms. The molecule has 3 aromatic rings. The molecule has 1 aromatic carbocycles. The molecule has 1 amide bonds. The Balaban J connectivity index is 1.65. The van der Waals surface area contributed by atoms with Gasteiger partial charge in [0.15, 0.2) is 0 Å². The molecule has 2 N–H and O–H groups in total. The minimum absolute atomic E-state index is 0.281. The summed E-state index contributed by atoms with van der Waals surface area (Å²) in [6.45, 7) is 0.770. The average Bonchev–Trinajstić information content (AvgIpc) is 3.06. The Morgan fingerprint density at radius 2 is 2.14 bits per heavy atom. The number of rotatable bonds is 4. The van der Waals surface area contributed by atoms with Gasteiger partial charge in [0.05, 0.1) is 29.8 Å². The van der Waals surface area contributed by atoms with Gasteiger partial charge in [-0.3, -0.25) is 4.79 Å². The van der Waals surface area contributed by atoms with Gasteiger partial charge < -0.3 is 19.7 Å². The van der Waals surface area contributed by atoms with E-state index in [-0.39, 0.29) is 24.0 Å². The van der Waals surface area contributed by atoms with E-state index >= 15 is 0 Å². The van der Waals surface area contributed by atoms with Crippen molar-refractivity contribution in [2.75, 3.05) is 13.2 Å². The summed E-state index contributed by atoms with van der Waals surface area (Å²) < 4.78 is 20.5. The number of benzene rings is 1. The second-order valence-electron chi connectivity index (χ2n) is 7.14. The van der Waals surface area contributed by atoms with Gasteiger partial charge in [0.1, 0.15) is 11.5 Å². The maximum Gasteiger partial charge on any atom is 0.270 e. The largest absolute Gasteiger partial charge is 0.391 e. The Kier molecular flexibility index (Phi) is 5.11. The summed E-state index contributed by atoms with van der Waals surface area (Å²) in [5, 5.41) is 12.9. The first-order chi connectivity index (χ1) is 13.5. The highest BCUT2D eigenvalue weighted by atomic mass is 19.1. The van der Waals surface area contributed by atoms with Gasteiger partial charge in [0.25, 0.3) is 5.91 Å². The Morgan fingerprint density at radius 3 is 2.89 bits per heavy atom. The van der Waals surface area contributed by atoms with Crippen molar-refractivity contribution in [3.63, 3.8) is 0 Å². The van der Waals surface area contributed by atoms with Gasteiger partial charge in [0, 0.05) is 19.9 Å². The van der Waals surface area contributed by atoms with Gasteiger partial charge in [-0.2, -0.15) is 0 Å². The SMILES string of the molecule is Cn1ccc2nc(C(=O)N[C@H]3COCC[C@@H]3O)cc(Cc3ccc(F)cc3)c21. The molecule has 0 bridgehead atoms. The monoisotopic (exact) mass is 383 g/mol. The second-order valence-corrected chi connectivity index (χ2v) is 7.14. The first-order valence-electron chi connectivity index (χ1n) is 9.27. The van der Waals surface area contributed by atoms with E-state index in [1.165, 1.54) is 12.1 Å². The quantitative estimate of drug-likeness (QED) is 0.724. The van der Waals surface area contributed by atoms with Crippen LogP contribution in [0.4, 0.5) is 4.39 Å². The van der Waals surface area contributed by atoms with E-state index in [2.05, 4.69) is 10.3 Å². The zero-order valence-electron chi connectivity index (χ0n) is 15.6. The fraction of sp³-hybridized carbons (Fsp3) is 0.333. The number of hydrogen-bond acceptors (Lipinski definition) is 4. The Hall–Kier alpha value is -2.77. The third-order valence-electron chi connectivity index (χ3n) is 5.08. The molecule has 2 atom stereocenters. The van der Waals surface area contributed by atoms with E-state index in [9.17, 15) is 14.3 Å². The molecule has 1 saturated heterocycles. The van der Waals surface area contributed by atoms with E-state index in [0.29, 0.717) is 25.0 Å². The first-order valence-corrected chi connectivity index (χ1v) is 9.27. The molecule has 1 aliphatic rings. The lowest BCUT2D eigenvalue weighted by Crippen LogP contribution is -2.49. The van der Waals surface area contributed by atoms with Gasteiger partial charge in [-0.15, -0.1) is 0 Å². The molecule has 0 aliphatic carbocycles. The molecule has 1 aliphatic heterocycles. The van der Waals surface area contributed by atoms with Crippen LogP contribution in [-0.4, -0.2) is 45.9 Å². The Morgan fingerprint density at radius 1 is 1.36 bits per heavy atom. The molecule has 28 heavy (non-hydrogen) atoms. The summed E-state index contributed by atoms with van der Waals surface area (Å²) in [5.41, 5.74) is 3.80. The van der Waals surface area contributed by atoms with Crippen LogP contribution in [0, 0.1) is 5.82 Å². The number of hydrogen-bond donors (Lipinski definition) is 2. The summed E-state index contributed by atoms with van der Waals surface area (Å²) in [4.78, 5) is 17.2. The van der Waals surface area contributed by atoms with Crippen molar-refractivity contribution in [1.82, 2.24) is 14.9 Å². The number of aliphatic hydroxyl groups excluding tert-OH is 1. The van der Waals surface area contributed by atoms with Gasteiger partial charge in [-0.25, -0.2) is 9.37 Å². The molecule has 4 rings (SSSR count). The number of aromatic nitrogens is 2. The normalized spacial score (nSPS) is 19.7. The second kappa shape index (κ2) is 7.69. The van der Waals surface area contributed by atoms with Crippen LogP contribution in [-0.2, 0) is 18.2 Å². The van der Waals surface area contributed by atoms with Crippen molar-refractivity contribution in [2.45, 2.75) is 25.0 Å². The molecule has 1 fully saturated rings. The van der Waals surface area contributed by atoms with Crippen molar-refractivity contribution in [3.8, 4) is 0 Å². The third kappa shape index (κ3) is 3.76. The van der Waals surface area contributed by atoms with E-state index in [0.717, 1.165) is 16.6 Å². The van der Waals surface area contributed by atoms with Crippen molar-refractivity contribution < 1.29 is 19.0 Å². The standard InChI is InChI=1S/C21H22FN3O3/c1-25-8-6-16-20(25)14(10-13-2-4-15(22)5-3-13)11-17(23-16)21(27)24-18-12-28-9-7-19(18)26/h2-6,8,11,18-19,26H,7,9-10,12H2,1H3,(H,24,27)/t18-,19-/m0/s1. The number of nitrogens with zero attached hydrogens (tertiary/aromatic N) is 2. The maximum absolute atomic E-state index is 13.2. The molecule has 0 unspecified atom stereocenters. The van der Waals surface area contributed by atoms with Crippen molar-refractivity contribution in [3.05, 3.63) is 65.2 Å². The van der Waals surface area contributed by atoms with Crippen molar-refractivity contribution in [1.29, 1.82) is 0 Å². The average molecular weight is 383 g/mol. The fourth-order valence-corrected chi connectivity index (χ4v) is 3.57. The number of carbonyl (C=O) groups is 1. The lowest BCUT2D eigenvalue weighted by Gasteiger charge is -2.28. The molecule has 2 aromatic heterocycles. The molecule has 3 heterocycles. The number of ether oxygens (including phenoxy) is 1. The van der Waals surface area contributed by atoms with Crippen LogP contribution < -0.4 is 5.32 Å². The van der Waals surface area contributed by atoms with Crippen LogP contribution >= 0.6 is 0 Å². The van der Waals surface area contributed by atoms with E-state index in [4.69, 9.17) is 4.74 Å². The fourth-order valence-electron chi connectivity index (χ4n) is 3.57. The van der Waals surface area contributed by atoms with E-state index < -0.39 is 12.1 Å². The number of halogens is 1. The topological polar surface area (TPSA) is 76.4 Å². The summed E-state index contributed by atoms with van der Waals surface area (Å²) in [6.07, 6.45) is 2.31. The molecule has 6 nitrogen and oxygen atoms in total. The Bertz CT molecular complexity index is 1000. The number of amides is 1. The summed E-state index contributed by atoms with van der Waals surface area (Å²) >= 11 is 0. The van der Waals surface area contributed by atoms with Crippen LogP contribution in [0.1, 0.15) is 28.0 Å². The highest BCUT2D eigenvalue weighted by Gasteiger charge is 2.26. The lowest BCUT2D eigenvalue weighted by atomic mass is 10.0. The van der Waals surface area contributed by atoms with Crippen LogP contribution in [0.25, 0.3) is 11.0 Å². The van der Waals surface area contributed by atoms with Gasteiger partial charge in [-0.05, 0) is 48.2 Å². The van der Waals surface area contributed by atoms with E-state index in [1.807, 2.05) is 23.9 Å². The van der Waals surface area contributed by atoms with Crippen LogP contribution in [0.3, 0.4) is 0 Å². The Labute approximate surface area is 162 Å². The number of pyridine rings is 1. The highest BCUT2D eigenvalue weighted by Crippen LogP contribution is 2.22. The van der Waals surface area contributed by atoms with Gasteiger partial charge >= 0.3 is 0 Å². The van der Waals surface area contributed by atoms with Crippen molar-refractivity contribution >= 4 is 16.9 Å². The predicted octanol–water partition coefficient (Wildman–Crippen LogP) is 2.18. The number of nitrogens with one attached hydrogen (secondary N) is 1. The lowest BCUT2D eigenvalue weighted by molar-refractivity contribution is -0.0140. The molecule has 0 radical (unpaired) electrons. The molecule has 146 valence electrons. The zero-order valence-corrected chi connectivity index (χ0v) is 15.6. The van der Waals surface area contributed by atoms with Crippen molar-refractivity contribution in [2.24, 2.45) is 7.05 Å². The first kappa shape index (κ1) is 18.6. The molecular formula is C21H22FN3O3. The van der Waals surface area contributed by atoms with E-state index in [1.54, 1.807) is 18.2 Å². The molecule has 0 spiro atoms. The zero-order chi connectivity index (χ0) is 19.7. The van der Waals surface area contributed by atoms with Crippen LogP contribution in [0.15, 0.2) is 42.6 Å². The maximum atomic E-state index is 13.2. The number of fused-ring (bicyclic) bond motifs is 1. The third-order valence-corrected chi connectivity index (χ3v) is 5.08. The minimum atomic E-state index is -0.628. The van der Waals surface area contributed by atoms with Crippen LogP contribution in [0.5, 0.6) is 0 Å². The number of aryl methyl sites for hydroxylation is 1. The summed E-state index contributed by atoms with van der Waals surface area (Å²) in [5.74, 6) is -0.628. The van der Waals surface area contributed by atoms with Gasteiger partial charge in [-0.1, -0.05) is 12.1 Å². The highest BCUT2D eigenvalue weighted by molar-refractivity contribution is 5.95. The number of aliphatic hydroxyl groups is 1. The molecule has 0 saturated carbocycles. The van der Waals surface area contributed by atoms with Crippen LogP contribution in [0.2, 0.25) is 0 Å². The molecular weight excluding hydrogens is 361 g/mol.